The second-order valence-corrected chi connectivity index (χ2v) is 18.6. The lowest BCUT2D eigenvalue weighted by Gasteiger charge is -2.09. The van der Waals surface area contributed by atoms with Gasteiger partial charge in [-0.15, -0.1) is 0 Å². The van der Waals surface area contributed by atoms with Crippen LogP contribution >= 0.6 is 34.8 Å². The molecule has 0 aliphatic rings. The molecular weight excluding hydrogens is 1030 g/mol. The Morgan fingerprint density at radius 1 is 0.244 bits per heavy atom. The molecule has 0 saturated heterocycles. The summed E-state index contributed by atoms with van der Waals surface area (Å²) >= 11 is 17.9. The highest BCUT2D eigenvalue weighted by molar-refractivity contribution is 6.31. The molecule has 1 N–H and O–H groups in total. The zero-order valence-corrected chi connectivity index (χ0v) is 43.9. The summed E-state index contributed by atoms with van der Waals surface area (Å²) in [5.41, 5.74) is 16.3. The van der Waals surface area contributed by atoms with Crippen molar-refractivity contribution in [2.75, 3.05) is 0 Å². The maximum absolute atomic E-state index is 8.73. The van der Waals surface area contributed by atoms with Gasteiger partial charge in [-0.1, -0.05) is 237 Å². The lowest BCUT2D eigenvalue weighted by molar-refractivity contribution is 0.454. The highest BCUT2D eigenvalue weighted by Gasteiger charge is 2.13. The molecule has 0 aliphatic heterocycles. The van der Waals surface area contributed by atoms with Gasteiger partial charge in [-0.3, -0.25) is 0 Å². The molecule has 1 radical (unpaired) electrons. The van der Waals surface area contributed by atoms with E-state index in [-0.39, 0.29) is 15.9 Å². The van der Waals surface area contributed by atoms with Gasteiger partial charge in [0, 0.05) is 16.7 Å². The molecule has 2 heterocycles. The van der Waals surface area contributed by atoms with Crippen molar-refractivity contribution in [3.8, 4) is 107 Å². The van der Waals surface area contributed by atoms with Gasteiger partial charge in [-0.25, -0.2) is 4.98 Å². The van der Waals surface area contributed by atoms with Crippen molar-refractivity contribution < 1.29 is 9.68 Å². The second kappa shape index (κ2) is 25.6. The van der Waals surface area contributed by atoms with Gasteiger partial charge < -0.3 is 9.68 Å². The van der Waals surface area contributed by atoms with Gasteiger partial charge in [0.05, 0.1) is 0 Å². The molecule has 12 heteroatoms. The van der Waals surface area contributed by atoms with E-state index in [1.807, 2.05) is 133 Å². The van der Waals surface area contributed by atoms with E-state index in [0.29, 0.717) is 30.9 Å². The SMILES string of the molecule is Clc1nc(-c2ccc(-c3ccccc3)cc2)nc(-c2cccc(-c3cccc(-c4ccccc4)c3)c2)n1.Clc1nc(Cl)nc(-c2ccc(-c3ccccc3)cc2)n1.O[B]Oc1cccc(-c2cccc(-c3ccccc3)c2)c1. The van der Waals surface area contributed by atoms with E-state index in [4.69, 9.17) is 49.5 Å². The maximum atomic E-state index is 8.73. The average Bonchev–Trinajstić information content (AvgIpc) is 3.51. The van der Waals surface area contributed by atoms with Crippen LogP contribution in [-0.4, -0.2) is 42.6 Å². The summed E-state index contributed by atoms with van der Waals surface area (Å²) in [4.78, 5) is 25.5. The largest absolute Gasteiger partial charge is 0.569 e. The van der Waals surface area contributed by atoms with Gasteiger partial charge in [-0.05, 0) is 132 Å². The van der Waals surface area contributed by atoms with Crippen LogP contribution in [0.4, 0.5) is 0 Å². The Morgan fingerprint density at radius 2 is 0.500 bits per heavy atom. The standard InChI is InChI=1S/C33H22ClN3.C18H14BO2.C15H9Cl2N3/c34-33-36-31(26-19-17-25(18-20-26)23-9-3-1-4-10-23)35-32(37-33)30-16-8-15-29(22-30)28-14-7-13-27(21-28)24-11-5-2-6-12-24;20-19-21-18-11-5-10-17(13-18)16-9-4-8-15(12-16)14-6-2-1-3-7-14;16-14-18-13(19-15(17)20-14)12-8-6-11(7-9-12)10-4-2-1-3-5-10/h1-22H;1-13,20H;1-9H. The third-order valence-corrected chi connectivity index (χ3v) is 12.9. The molecule has 2 aromatic heterocycles. The molecule has 0 aliphatic carbocycles. The first kappa shape index (κ1) is 52.4. The molecule has 10 aromatic carbocycles. The van der Waals surface area contributed by atoms with Crippen LogP contribution in [0.1, 0.15) is 0 Å². The van der Waals surface area contributed by atoms with Crippen molar-refractivity contribution in [2.45, 2.75) is 0 Å². The predicted molar refractivity (Wildman–Crippen MR) is 319 cm³/mol. The quantitative estimate of drug-likeness (QED) is 0.128. The van der Waals surface area contributed by atoms with Crippen LogP contribution < -0.4 is 4.65 Å². The van der Waals surface area contributed by atoms with Gasteiger partial charge in [0.25, 0.3) is 0 Å². The van der Waals surface area contributed by atoms with Crippen molar-refractivity contribution in [3.63, 3.8) is 0 Å². The smallest absolute Gasteiger partial charge is 0.537 e. The Kier molecular flexibility index (Phi) is 17.2. The first-order chi connectivity index (χ1) is 38.3. The molecule has 0 unspecified atom stereocenters. The number of rotatable bonds is 11. The monoisotopic (exact) mass is 1070 g/mol. The first-order valence-electron chi connectivity index (χ1n) is 24.8. The minimum atomic E-state index is 0.0899. The van der Waals surface area contributed by atoms with Gasteiger partial charge in [0.1, 0.15) is 5.75 Å². The maximum Gasteiger partial charge on any atom is 0.569 e. The van der Waals surface area contributed by atoms with E-state index in [0.717, 1.165) is 61.2 Å². The molecule has 0 spiro atoms. The van der Waals surface area contributed by atoms with Gasteiger partial charge >= 0.3 is 7.69 Å². The van der Waals surface area contributed by atoms with Crippen LogP contribution in [0.15, 0.2) is 267 Å². The molecule has 12 rings (SSSR count). The highest BCUT2D eigenvalue weighted by atomic mass is 35.5. The molecule has 0 bridgehead atoms. The highest BCUT2D eigenvalue weighted by Crippen LogP contribution is 2.32. The van der Waals surface area contributed by atoms with E-state index < -0.39 is 0 Å². The van der Waals surface area contributed by atoms with E-state index in [9.17, 15) is 0 Å². The average molecular weight is 1070 g/mol. The molecule has 78 heavy (non-hydrogen) atoms. The number of hydrogen-bond donors (Lipinski definition) is 1. The lowest BCUT2D eigenvalue weighted by atomic mass is 9.98. The van der Waals surface area contributed by atoms with E-state index in [2.05, 4.69) is 152 Å². The normalized spacial score (nSPS) is 10.6. The topological polar surface area (TPSA) is 107 Å². The summed E-state index contributed by atoms with van der Waals surface area (Å²) in [5.74, 6) is 2.17. The minimum absolute atomic E-state index is 0.0899. The Morgan fingerprint density at radius 3 is 0.897 bits per heavy atom. The molecule has 0 saturated carbocycles. The fourth-order valence-electron chi connectivity index (χ4n) is 8.61. The summed E-state index contributed by atoms with van der Waals surface area (Å²) < 4.78 is 5.01. The van der Waals surface area contributed by atoms with E-state index in [1.165, 1.54) is 22.3 Å². The van der Waals surface area contributed by atoms with Crippen LogP contribution in [0, 0.1) is 0 Å². The Bertz CT molecular complexity index is 3880. The van der Waals surface area contributed by atoms with Crippen LogP contribution in [0.25, 0.3) is 101 Å². The minimum Gasteiger partial charge on any atom is -0.537 e. The van der Waals surface area contributed by atoms with E-state index >= 15 is 0 Å². The molecule has 12 aromatic rings. The second-order valence-electron chi connectivity index (χ2n) is 17.6. The van der Waals surface area contributed by atoms with Crippen LogP contribution in [0.3, 0.4) is 0 Å². The predicted octanol–water partition coefficient (Wildman–Crippen LogP) is 17.3. The van der Waals surface area contributed by atoms with Gasteiger partial charge in [0.15, 0.2) is 17.5 Å². The fourth-order valence-corrected chi connectivity index (χ4v) is 9.14. The van der Waals surface area contributed by atoms with Crippen LogP contribution in [0.5, 0.6) is 5.75 Å². The summed E-state index contributed by atoms with van der Waals surface area (Å²) in [6, 6.07) is 89.9. The zero-order chi connectivity index (χ0) is 53.5. The fraction of sp³-hybridized carbons (Fsp3) is 0. The van der Waals surface area contributed by atoms with Crippen molar-refractivity contribution in [1.29, 1.82) is 0 Å². The number of nitrogens with zero attached hydrogens (tertiary/aromatic N) is 6. The summed E-state index contributed by atoms with van der Waals surface area (Å²) in [6.07, 6.45) is 0. The number of aromatic nitrogens is 6. The Hall–Kier alpha value is -9.09. The third-order valence-electron chi connectivity index (χ3n) is 12.4. The molecule has 0 amide bonds. The zero-order valence-electron chi connectivity index (χ0n) is 41.7. The van der Waals surface area contributed by atoms with Gasteiger partial charge in [-0.2, -0.15) is 24.9 Å². The summed E-state index contributed by atoms with van der Waals surface area (Å²) in [5, 5.41) is 9.08. The summed E-state index contributed by atoms with van der Waals surface area (Å²) in [6.45, 7) is 0. The van der Waals surface area contributed by atoms with E-state index in [1.54, 1.807) is 6.07 Å². The van der Waals surface area contributed by atoms with Crippen molar-refractivity contribution in [3.05, 3.63) is 283 Å². The Balaban J connectivity index is 0.000000143. The Labute approximate surface area is 468 Å². The van der Waals surface area contributed by atoms with Gasteiger partial charge in [0.2, 0.25) is 15.9 Å². The van der Waals surface area contributed by atoms with Crippen LogP contribution in [0.2, 0.25) is 15.9 Å². The lowest BCUT2D eigenvalue weighted by Crippen LogP contribution is -1.99. The number of halogens is 3. The van der Waals surface area contributed by atoms with Crippen molar-refractivity contribution in [2.24, 2.45) is 0 Å². The first-order valence-corrected chi connectivity index (χ1v) is 25.9. The molecular formula is C66H45BCl3N6O2. The molecule has 0 atom stereocenters. The number of hydrogen-bond acceptors (Lipinski definition) is 8. The van der Waals surface area contributed by atoms with Crippen LogP contribution in [-0.2, 0) is 0 Å². The third kappa shape index (κ3) is 13.7. The summed E-state index contributed by atoms with van der Waals surface area (Å²) in [7, 11) is 0.694. The van der Waals surface area contributed by atoms with Crippen molar-refractivity contribution >= 4 is 42.5 Å². The molecule has 8 nitrogen and oxygen atoms in total. The number of benzene rings is 10. The molecule has 0 fully saturated rings. The molecule has 375 valence electrons. The van der Waals surface area contributed by atoms with Crippen molar-refractivity contribution in [1.82, 2.24) is 29.9 Å².